The maximum absolute atomic E-state index is 12.9. The van der Waals surface area contributed by atoms with Crippen LogP contribution in [0.1, 0.15) is 25.3 Å². The molecule has 136 valence electrons. The van der Waals surface area contributed by atoms with Crippen LogP contribution in [-0.4, -0.2) is 60.4 Å². The summed E-state index contributed by atoms with van der Waals surface area (Å²) in [5.74, 6) is -0.834. The zero-order chi connectivity index (χ0) is 18.2. The average Bonchev–Trinajstić information content (AvgIpc) is 2.62. The molecule has 2 amide bonds. The third kappa shape index (κ3) is 5.85. The Morgan fingerprint density at radius 3 is 2.08 bits per heavy atom. The molecule has 7 heteroatoms. The van der Waals surface area contributed by atoms with Crippen LogP contribution in [0, 0.1) is 5.82 Å². The highest BCUT2D eigenvalue weighted by atomic mass is 19.1. The Balaban J connectivity index is 1.74. The van der Waals surface area contributed by atoms with Crippen molar-refractivity contribution in [1.29, 1.82) is 0 Å². The molecule has 1 saturated heterocycles. The van der Waals surface area contributed by atoms with Crippen LogP contribution in [0.4, 0.5) is 4.39 Å². The van der Waals surface area contributed by atoms with Gasteiger partial charge in [-0.2, -0.15) is 0 Å². The molecular formula is C18H23FN2O4. The minimum atomic E-state index is -0.371. The number of halogens is 1. The highest BCUT2D eigenvalue weighted by molar-refractivity contribution is 5.82. The number of esters is 1. The van der Waals surface area contributed by atoms with Crippen LogP contribution in [0.15, 0.2) is 24.3 Å². The van der Waals surface area contributed by atoms with Crippen LogP contribution in [-0.2, 0) is 25.5 Å². The lowest BCUT2D eigenvalue weighted by Crippen LogP contribution is -2.51. The van der Waals surface area contributed by atoms with Crippen LogP contribution in [0.2, 0.25) is 0 Å². The van der Waals surface area contributed by atoms with Crippen LogP contribution in [0.25, 0.3) is 0 Å². The number of benzene rings is 1. The standard InChI is InChI=1S/C18H23FN2O4/c1-2-25-18(24)8-7-16(22)20-9-11-21(12-10-20)17(23)13-14-3-5-15(19)6-4-14/h3-6H,2,7-13H2,1H3. The van der Waals surface area contributed by atoms with Gasteiger partial charge in [0.2, 0.25) is 11.8 Å². The van der Waals surface area contributed by atoms with Crippen molar-refractivity contribution in [2.45, 2.75) is 26.2 Å². The lowest BCUT2D eigenvalue weighted by molar-refractivity contribution is -0.146. The summed E-state index contributed by atoms with van der Waals surface area (Å²) in [5.41, 5.74) is 0.763. The first kappa shape index (κ1) is 18.9. The van der Waals surface area contributed by atoms with Crippen molar-refractivity contribution >= 4 is 17.8 Å². The van der Waals surface area contributed by atoms with Gasteiger partial charge < -0.3 is 14.5 Å². The highest BCUT2D eigenvalue weighted by Gasteiger charge is 2.24. The number of ether oxygens (including phenoxy) is 1. The summed E-state index contributed by atoms with van der Waals surface area (Å²) in [6.07, 6.45) is 0.426. The van der Waals surface area contributed by atoms with Crippen molar-refractivity contribution in [3.8, 4) is 0 Å². The molecule has 1 fully saturated rings. The van der Waals surface area contributed by atoms with Gasteiger partial charge in [-0.05, 0) is 24.6 Å². The number of nitrogens with zero attached hydrogens (tertiary/aromatic N) is 2. The Bertz CT molecular complexity index is 610. The van der Waals surface area contributed by atoms with E-state index in [1.807, 2.05) is 0 Å². The van der Waals surface area contributed by atoms with E-state index in [1.165, 1.54) is 12.1 Å². The van der Waals surface area contributed by atoms with E-state index in [1.54, 1.807) is 28.9 Å². The third-order valence-corrected chi connectivity index (χ3v) is 4.10. The fourth-order valence-corrected chi connectivity index (χ4v) is 2.69. The molecule has 1 aromatic carbocycles. The second-order valence-electron chi connectivity index (χ2n) is 5.87. The minimum absolute atomic E-state index is 0.0368. The molecule has 1 aliphatic rings. The first-order chi connectivity index (χ1) is 12.0. The van der Waals surface area contributed by atoms with E-state index < -0.39 is 0 Å². The number of rotatable bonds is 6. The zero-order valence-corrected chi connectivity index (χ0v) is 14.4. The highest BCUT2D eigenvalue weighted by Crippen LogP contribution is 2.10. The molecular weight excluding hydrogens is 327 g/mol. The number of hydrogen-bond donors (Lipinski definition) is 0. The van der Waals surface area contributed by atoms with Gasteiger partial charge >= 0.3 is 5.97 Å². The Morgan fingerprint density at radius 1 is 0.960 bits per heavy atom. The summed E-state index contributed by atoms with van der Waals surface area (Å²) < 4.78 is 17.7. The van der Waals surface area contributed by atoms with E-state index in [2.05, 4.69) is 0 Å². The lowest BCUT2D eigenvalue weighted by atomic mass is 10.1. The summed E-state index contributed by atoms with van der Waals surface area (Å²) in [6.45, 7) is 3.87. The predicted octanol–water partition coefficient (Wildman–Crippen LogP) is 1.38. The van der Waals surface area contributed by atoms with E-state index in [9.17, 15) is 18.8 Å². The van der Waals surface area contributed by atoms with Crippen molar-refractivity contribution in [2.75, 3.05) is 32.8 Å². The third-order valence-electron chi connectivity index (χ3n) is 4.10. The van der Waals surface area contributed by atoms with E-state index in [4.69, 9.17) is 4.74 Å². The second kappa shape index (κ2) is 9.15. The largest absolute Gasteiger partial charge is 0.466 e. The number of carbonyl (C=O) groups excluding carboxylic acids is 3. The van der Waals surface area contributed by atoms with Crippen LogP contribution in [0.3, 0.4) is 0 Å². The SMILES string of the molecule is CCOC(=O)CCC(=O)N1CCN(C(=O)Cc2ccc(F)cc2)CC1. The summed E-state index contributed by atoms with van der Waals surface area (Å²) in [6, 6.07) is 5.87. The smallest absolute Gasteiger partial charge is 0.306 e. The average molecular weight is 350 g/mol. The van der Waals surface area contributed by atoms with Crippen LogP contribution in [0.5, 0.6) is 0 Å². The zero-order valence-electron chi connectivity index (χ0n) is 14.4. The maximum atomic E-state index is 12.9. The van der Waals surface area contributed by atoms with Gasteiger partial charge in [-0.3, -0.25) is 14.4 Å². The maximum Gasteiger partial charge on any atom is 0.306 e. The molecule has 1 aromatic rings. The van der Waals surface area contributed by atoms with Gasteiger partial charge in [0.05, 0.1) is 19.4 Å². The van der Waals surface area contributed by atoms with Gasteiger partial charge in [-0.15, -0.1) is 0 Å². The number of amides is 2. The molecule has 1 heterocycles. The van der Waals surface area contributed by atoms with Gasteiger partial charge in [0.15, 0.2) is 0 Å². The molecule has 0 unspecified atom stereocenters. The van der Waals surface area contributed by atoms with Crippen molar-refractivity contribution in [1.82, 2.24) is 9.80 Å². The Morgan fingerprint density at radius 2 is 1.52 bits per heavy atom. The molecule has 6 nitrogen and oxygen atoms in total. The predicted molar refractivity (Wildman–Crippen MR) is 89.1 cm³/mol. The van der Waals surface area contributed by atoms with Gasteiger partial charge in [0.1, 0.15) is 5.82 Å². The quantitative estimate of drug-likeness (QED) is 0.727. The van der Waals surface area contributed by atoms with Crippen LogP contribution >= 0.6 is 0 Å². The molecule has 2 rings (SSSR count). The topological polar surface area (TPSA) is 66.9 Å². The summed E-state index contributed by atoms with van der Waals surface area (Å²) >= 11 is 0. The van der Waals surface area contributed by atoms with Gasteiger partial charge in [-0.25, -0.2) is 4.39 Å². The van der Waals surface area contributed by atoms with E-state index in [0.29, 0.717) is 32.8 Å². The van der Waals surface area contributed by atoms with Crippen molar-refractivity contribution in [3.63, 3.8) is 0 Å². The first-order valence-electron chi connectivity index (χ1n) is 8.45. The molecule has 0 atom stereocenters. The van der Waals surface area contributed by atoms with Crippen molar-refractivity contribution in [2.24, 2.45) is 0 Å². The molecule has 0 aromatic heterocycles. The molecule has 0 spiro atoms. The Labute approximate surface area is 146 Å². The van der Waals surface area contributed by atoms with Crippen LogP contribution < -0.4 is 0 Å². The van der Waals surface area contributed by atoms with Gasteiger partial charge in [0.25, 0.3) is 0 Å². The normalized spacial score (nSPS) is 14.3. The minimum Gasteiger partial charge on any atom is -0.466 e. The van der Waals surface area contributed by atoms with Crippen molar-refractivity contribution < 1.29 is 23.5 Å². The molecule has 0 saturated carbocycles. The Kier molecular flexibility index (Phi) is 6.91. The first-order valence-corrected chi connectivity index (χ1v) is 8.45. The fraction of sp³-hybridized carbons (Fsp3) is 0.500. The molecule has 0 bridgehead atoms. The molecule has 0 radical (unpaired) electrons. The number of piperazine rings is 1. The molecule has 1 aliphatic heterocycles. The van der Waals surface area contributed by atoms with E-state index >= 15 is 0 Å². The summed E-state index contributed by atoms with van der Waals surface area (Å²) in [5, 5.41) is 0. The molecule has 0 N–H and O–H groups in total. The molecule has 0 aliphatic carbocycles. The monoisotopic (exact) mass is 350 g/mol. The summed E-state index contributed by atoms with van der Waals surface area (Å²) in [4.78, 5) is 39.0. The summed E-state index contributed by atoms with van der Waals surface area (Å²) in [7, 11) is 0. The van der Waals surface area contributed by atoms with E-state index in [-0.39, 0.29) is 42.9 Å². The van der Waals surface area contributed by atoms with Crippen molar-refractivity contribution in [3.05, 3.63) is 35.6 Å². The van der Waals surface area contributed by atoms with Gasteiger partial charge in [0, 0.05) is 32.6 Å². The molecule has 25 heavy (non-hydrogen) atoms. The number of hydrogen-bond acceptors (Lipinski definition) is 4. The van der Waals surface area contributed by atoms with Gasteiger partial charge in [-0.1, -0.05) is 12.1 Å². The number of carbonyl (C=O) groups is 3. The lowest BCUT2D eigenvalue weighted by Gasteiger charge is -2.35. The van der Waals surface area contributed by atoms with E-state index in [0.717, 1.165) is 5.56 Å². The Hall–Kier alpha value is -2.44. The second-order valence-corrected chi connectivity index (χ2v) is 5.87. The fourth-order valence-electron chi connectivity index (χ4n) is 2.69.